The molecule has 3 saturated carbocycles. The molecule has 20 aliphatic rings. The van der Waals surface area contributed by atoms with E-state index in [0.29, 0.717) is 47.0 Å². The minimum absolute atomic E-state index is 0.00353. The van der Waals surface area contributed by atoms with Gasteiger partial charge in [-0.1, -0.05) is 152 Å². The average molecular weight is 1400 g/mol. The van der Waals surface area contributed by atoms with Gasteiger partial charge in [0.05, 0.1) is 25.4 Å². The minimum atomic E-state index is -1.47. The van der Waals surface area contributed by atoms with Gasteiger partial charge in [-0.05, 0) is 246 Å². The summed E-state index contributed by atoms with van der Waals surface area (Å²) in [6.45, 7) is 1.78. The van der Waals surface area contributed by atoms with Gasteiger partial charge in [0.15, 0.2) is 17.8 Å². The highest BCUT2D eigenvalue weighted by Crippen LogP contribution is 2.68. The fourth-order valence-electron chi connectivity index (χ4n) is 25.2. The molecule has 0 amide bonds. The lowest BCUT2D eigenvalue weighted by Crippen LogP contribution is -2.59. The van der Waals surface area contributed by atoms with Crippen LogP contribution in [0, 0.1) is 59.2 Å². The molecule has 6 aromatic carbocycles. The zero-order valence-electron chi connectivity index (χ0n) is 60.0. The summed E-state index contributed by atoms with van der Waals surface area (Å²) >= 11 is 0. The smallest absolute Gasteiger partial charge is 0.340 e. The normalized spacial score (nSPS) is 34.3. The molecule has 0 radical (unpaired) electrons. The Morgan fingerprint density at radius 3 is 2.48 bits per heavy atom. The van der Waals surface area contributed by atoms with E-state index in [2.05, 4.69) is 152 Å². The van der Waals surface area contributed by atoms with Gasteiger partial charge < -0.3 is 43.8 Å². The zero-order chi connectivity index (χ0) is 70.9. The first-order valence-corrected chi connectivity index (χ1v) is 39.4. The fourth-order valence-corrected chi connectivity index (χ4v) is 25.2. The van der Waals surface area contributed by atoms with Crippen molar-refractivity contribution in [3.63, 3.8) is 0 Å². The summed E-state index contributed by atoms with van der Waals surface area (Å²) in [5, 5.41) is 44.0. The van der Waals surface area contributed by atoms with Crippen LogP contribution in [0.25, 0.3) is 23.1 Å². The molecule has 536 valence electrons. The largest absolute Gasteiger partial charge is 0.483 e. The fraction of sp³-hybridized carbons (Fsp3) is 0.452. The number of ether oxygens (including phenoxy) is 4. The topological polar surface area (TPSA) is 182 Å². The first kappa shape index (κ1) is 66.1. The molecular weight excluding hydrogens is 1310 g/mol. The first-order valence-electron chi connectivity index (χ1n) is 39.4. The number of aliphatic hydroxyl groups excluding tert-OH is 4. The number of allylic oxidation sites excluding steroid dienone is 4. The van der Waals surface area contributed by atoms with Gasteiger partial charge in [-0.25, -0.2) is 9.59 Å². The van der Waals surface area contributed by atoms with E-state index in [-0.39, 0.29) is 119 Å². The third-order valence-electron chi connectivity index (χ3n) is 29.6. The third-order valence-corrected chi connectivity index (χ3v) is 29.6. The van der Waals surface area contributed by atoms with Gasteiger partial charge in [0.2, 0.25) is 0 Å². The van der Waals surface area contributed by atoms with Crippen molar-refractivity contribution in [2.45, 2.75) is 187 Å². The van der Waals surface area contributed by atoms with Crippen molar-refractivity contribution in [3.05, 3.63) is 250 Å². The molecule has 12 heteroatoms. The second-order valence-corrected chi connectivity index (χ2v) is 33.9. The molecule has 22 bridgehead atoms. The molecule has 2 spiro atoms. The Hall–Kier alpha value is -8.41. The molecule has 4 N–H and O–H groups in total. The first-order chi connectivity index (χ1) is 51.3. The summed E-state index contributed by atoms with van der Waals surface area (Å²) in [6.07, 6.45) is 21.8. The lowest BCUT2D eigenvalue weighted by Gasteiger charge is -2.55. The lowest BCUT2D eigenvalue weighted by molar-refractivity contribution is -0.202. The van der Waals surface area contributed by atoms with Crippen LogP contribution in [0.15, 0.2) is 159 Å². The van der Waals surface area contributed by atoms with Gasteiger partial charge in [0.1, 0.15) is 18.1 Å². The van der Waals surface area contributed by atoms with E-state index in [1.54, 1.807) is 6.07 Å². The van der Waals surface area contributed by atoms with Gasteiger partial charge in [-0.15, -0.1) is 0 Å². The van der Waals surface area contributed by atoms with Crippen LogP contribution >= 0.6 is 0 Å². The highest BCUT2D eigenvalue weighted by molar-refractivity contribution is 5.91. The van der Waals surface area contributed by atoms with Crippen LogP contribution in [-0.4, -0.2) is 70.7 Å². The summed E-state index contributed by atoms with van der Waals surface area (Å²) in [5.74, 6) is 6.06. The second-order valence-electron chi connectivity index (χ2n) is 33.9. The van der Waals surface area contributed by atoms with Crippen molar-refractivity contribution >= 4 is 35.1 Å². The van der Waals surface area contributed by atoms with Gasteiger partial charge in [0.25, 0.3) is 0 Å². The summed E-state index contributed by atoms with van der Waals surface area (Å²) in [4.78, 5) is 48.6. The number of hydrogen-bond acceptors (Lipinski definition) is 12. The molecule has 17 aliphatic carbocycles. The highest BCUT2D eigenvalue weighted by atomic mass is 16.6. The van der Waals surface area contributed by atoms with E-state index in [1.807, 2.05) is 13.0 Å². The Morgan fingerprint density at radius 1 is 0.752 bits per heavy atom. The maximum absolute atomic E-state index is 16.9. The van der Waals surface area contributed by atoms with Crippen molar-refractivity contribution in [2.75, 3.05) is 26.6 Å². The van der Waals surface area contributed by atoms with Gasteiger partial charge in [-0.2, -0.15) is 0 Å². The molecular formula is C93H92O12. The monoisotopic (exact) mass is 1400 g/mol. The number of carbonyl (C=O) groups is 2. The van der Waals surface area contributed by atoms with Crippen molar-refractivity contribution in [1.82, 2.24) is 0 Å². The maximum Gasteiger partial charge on any atom is 0.340 e. The maximum atomic E-state index is 16.9. The van der Waals surface area contributed by atoms with E-state index in [0.717, 1.165) is 74.5 Å². The third kappa shape index (κ3) is 9.78. The average Bonchev–Trinajstić information content (AvgIpc) is 1.23. The number of benzene rings is 6. The quantitative estimate of drug-likeness (QED) is 0.0283. The molecule has 19 atom stereocenters. The van der Waals surface area contributed by atoms with Crippen LogP contribution < -0.4 is 10.4 Å². The molecule has 12 nitrogen and oxygen atoms in total. The van der Waals surface area contributed by atoms with Crippen molar-refractivity contribution in [3.8, 4) is 17.6 Å². The number of aliphatic hydroxyl groups is 4. The van der Waals surface area contributed by atoms with Crippen LogP contribution in [-0.2, 0) is 54.1 Å². The zero-order valence-corrected chi connectivity index (χ0v) is 60.0. The summed E-state index contributed by atoms with van der Waals surface area (Å²) in [6, 6.07) is 44.0. The Morgan fingerprint density at radius 2 is 1.62 bits per heavy atom. The molecule has 105 heavy (non-hydrogen) atoms. The predicted octanol–water partition coefficient (Wildman–Crippen LogP) is 16.0. The SMILES string of the molecule is C/C(CO)=C1\C[C@H]2c3ccc4cc3[C@H]3C[C@H]5[C@H]6C7=Cc8ccccc8[C@H]6C[C@H]5[C@]5(C)Oc6ccc8c(CO)c([C@H](CCO)COCO)c(=O)oc8c6[C@@H](OC(=O)C[C@@H]6C[C@@H](C=C[C@H]46)c4cccc6c4CC[C@@H]4CCC[C@@H]8C=Cc9ccc(cc9[C@@]648)Cc4ccc(cc4)[C@]4(CCC[C@@H]4C#C7)[C@H]2C3)[C@@H]5OC1=O. The van der Waals surface area contributed by atoms with E-state index in [1.165, 1.54) is 74.0 Å². The molecule has 27 rings (SSSR count). The predicted molar refractivity (Wildman–Crippen MR) is 400 cm³/mol. The van der Waals surface area contributed by atoms with Crippen LogP contribution in [0.2, 0.25) is 0 Å². The van der Waals surface area contributed by atoms with E-state index >= 15 is 14.4 Å². The Kier molecular flexibility index (Phi) is 15.8. The molecule has 7 aromatic rings. The van der Waals surface area contributed by atoms with Crippen LogP contribution in [0.4, 0.5) is 0 Å². The summed E-state index contributed by atoms with van der Waals surface area (Å²) < 4.78 is 35.1. The summed E-state index contributed by atoms with van der Waals surface area (Å²) in [7, 11) is 0. The van der Waals surface area contributed by atoms with E-state index in [4.69, 9.17) is 23.4 Å². The Bertz CT molecular complexity index is 5060. The number of rotatable bonds is 8. The number of esters is 2. The lowest BCUT2D eigenvalue weighted by atomic mass is 9.48. The van der Waals surface area contributed by atoms with Gasteiger partial charge in [-0.3, -0.25) is 4.79 Å². The van der Waals surface area contributed by atoms with Crippen LogP contribution in [0.1, 0.15) is 234 Å². The molecule has 3 aliphatic heterocycles. The molecule has 0 unspecified atom stereocenters. The van der Waals surface area contributed by atoms with E-state index < -0.39 is 72.6 Å². The van der Waals surface area contributed by atoms with Crippen molar-refractivity contribution in [1.29, 1.82) is 0 Å². The Labute approximate surface area is 613 Å². The van der Waals surface area contributed by atoms with Crippen LogP contribution in [0.5, 0.6) is 5.75 Å². The van der Waals surface area contributed by atoms with Crippen LogP contribution in [0.3, 0.4) is 0 Å². The van der Waals surface area contributed by atoms with E-state index in [9.17, 15) is 20.4 Å². The van der Waals surface area contributed by atoms with Gasteiger partial charge >= 0.3 is 17.6 Å². The molecule has 1 aromatic heterocycles. The standard InChI is InChI=1S/C93H92O12/c1-50(46-95)71-44-73-68-29-22-56-40-72(68)60-41-75-79-45-74-67-12-4-3-8-54(67)38-57(83(74)75)20-25-61-11-7-34-92(61,80(73)42-60)62-23-16-51(17-24-62)36-52-15-18-53-19-26-63-9-5-10-64-27-30-69-66(13-6-14-77(69)93(63,64)78(53)37-52)55-21-28-65(56)59(39-55)43-82(98)102-87-85-81(105-91(79,2)88(87)104-89(71)99)32-31-70-76(47-96)84(90(100)103-86(70)85)58(33-35-94)48-101-49-97/h3-4,6,8,12-19,21-24,26,28-29,31-32,37-38,40,55,58-61,63-65,73-75,79-80,83,87-88,94-97H,5,7,9-11,27,30,33-36,39,41-49H2,1-2H3/b71-50-/t55-,58-,59+,60+,61-,63-,64+,65-,73+,74-,75-,79-,80+,83+,87-,88+,91+,92-,93-/m1/s1. The highest BCUT2D eigenvalue weighted by Gasteiger charge is 2.65. The van der Waals surface area contributed by atoms with Crippen molar-refractivity contribution < 1.29 is 53.4 Å². The summed E-state index contributed by atoms with van der Waals surface area (Å²) in [5.41, 5.74) is 16.5. The minimum Gasteiger partial charge on any atom is -0.483 e. The van der Waals surface area contributed by atoms with Gasteiger partial charge in [0, 0.05) is 81.5 Å². The molecule has 4 heterocycles. The van der Waals surface area contributed by atoms with Crippen molar-refractivity contribution in [2.24, 2.45) is 47.3 Å². The second kappa shape index (κ2) is 25.1. The molecule has 0 saturated heterocycles. The Balaban J connectivity index is 0.881. The number of hydrogen-bond donors (Lipinski definition) is 4. The molecule has 3 fully saturated rings. The number of carbonyl (C=O) groups excluding carboxylic acids is 2. The number of fused-ring (bicyclic) bond motifs is 6.